The highest BCUT2D eigenvalue weighted by Crippen LogP contribution is 2.16. The van der Waals surface area contributed by atoms with Crippen molar-refractivity contribution in [2.75, 3.05) is 0 Å². The first-order chi connectivity index (χ1) is 13.6. The molecule has 0 saturated carbocycles. The van der Waals surface area contributed by atoms with Crippen LogP contribution in [0.15, 0.2) is 77.9 Å². The minimum Gasteiger partial charge on any atom is -0.478 e. The molecule has 2 aromatic heterocycles. The molecular formula is C22H15N3O3. The lowest BCUT2D eigenvalue weighted by atomic mass is 10.1. The lowest BCUT2D eigenvalue weighted by Crippen LogP contribution is -2.22. The van der Waals surface area contributed by atoms with Crippen molar-refractivity contribution in [2.45, 2.75) is 0 Å². The van der Waals surface area contributed by atoms with Gasteiger partial charge in [-0.3, -0.25) is 14.3 Å². The summed E-state index contributed by atoms with van der Waals surface area (Å²) in [6.07, 6.45) is 6.92. The number of benzene rings is 2. The van der Waals surface area contributed by atoms with E-state index in [4.69, 9.17) is 0 Å². The molecule has 2 heterocycles. The third-order valence-corrected chi connectivity index (χ3v) is 4.28. The van der Waals surface area contributed by atoms with Crippen molar-refractivity contribution in [3.8, 4) is 5.69 Å². The molecule has 0 fully saturated rings. The first-order valence-electron chi connectivity index (χ1n) is 8.57. The van der Waals surface area contributed by atoms with Crippen LogP contribution in [-0.4, -0.2) is 25.6 Å². The van der Waals surface area contributed by atoms with E-state index in [0.29, 0.717) is 22.4 Å². The van der Waals surface area contributed by atoms with E-state index in [9.17, 15) is 14.7 Å². The maximum absolute atomic E-state index is 13.2. The minimum atomic E-state index is -1.06. The summed E-state index contributed by atoms with van der Waals surface area (Å²) >= 11 is 0. The standard InChI is InChI=1S/C22H15N3O3/c26-21-18-6-1-2-7-19(18)24-20(9-8-15-10-12-23-13-11-15)25(21)17-5-3-4-16(14-17)22(27)28/h1-14H,(H,27,28)/b9-8+. The number of hydrogen-bond donors (Lipinski definition) is 1. The van der Waals surface area contributed by atoms with Gasteiger partial charge in [0.2, 0.25) is 0 Å². The van der Waals surface area contributed by atoms with Crippen molar-refractivity contribution in [2.24, 2.45) is 0 Å². The summed E-state index contributed by atoms with van der Waals surface area (Å²) in [4.78, 5) is 33.1. The maximum Gasteiger partial charge on any atom is 0.335 e. The molecule has 0 radical (unpaired) electrons. The Labute approximate surface area is 160 Å². The Morgan fingerprint density at radius 1 is 0.964 bits per heavy atom. The predicted octanol–water partition coefficient (Wildman–Crippen LogP) is 3.65. The fourth-order valence-corrected chi connectivity index (χ4v) is 2.93. The van der Waals surface area contributed by atoms with Crippen LogP contribution >= 0.6 is 0 Å². The molecule has 6 nitrogen and oxygen atoms in total. The first-order valence-corrected chi connectivity index (χ1v) is 8.57. The van der Waals surface area contributed by atoms with Crippen molar-refractivity contribution in [3.63, 3.8) is 0 Å². The number of carboxylic acids is 1. The molecule has 0 aliphatic rings. The Balaban J connectivity index is 1.96. The van der Waals surface area contributed by atoms with Crippen LogP contribution in [-0.2, 0) is 0 Å². The van der Waals surface area contributed by atoms with Gasteiger partial charge in [-0.05, 0) is 54.1 Å². The van der Waals surface area contributed by atoms with E-state index < -0.39 is 5.97 Å². The number of pyridine rings is 1. The molecule has 0 aliphatic carbocycles. The third kappa shape index (κ3) is 3.31. The van der Waals surface area contributed by atoms with Crippen LogP contribution in [0.2, 0.25) is 0 Å². The molecule has 0 amide bonds. The summed E-state index contributed by atoms with van der Waals surface area (Å²) < 4.78 is 1.42. The SMILES string of the molecule is O=C(O)c1cccc(-n2c(/C=C/c3ccncc3)nc3ccccc3c2=O)c1. The number of nitrogens with zero attached hydrogens (tertiary/aromatic N) is 3. The Morgan fingerprint density at radius 2 is 1.75 bits per heavy atom. The summed E-state index contributed by atoms with van der Waals surface area (Å²) in [6, 6.07) is 17.0. The molecule has 6 heteroatoms. The van der Waals surface area contributed by atoms with E-state index in [2.05, 4.69) is 9.97 Å². The van der Waals surface area contributed by atoms with Crippen LogP contribution in [0.1, 0.15) is 21.7 Å². The van der Waals surface area contributed by atoms with Crippen LogP contribution in [0.5, 0.6) is 0 Å². The van der Waals surface area contributed by atoms with Gasteiger partial charge in [-0.25, -0.2) is 9.78 Å². The highest BCUT2D eigenvalue weighted by atomic mass is 16.4. The van der Waals surface area contributed by atoms with Crippen molar-refractivity contribution in [3.05, 3.63) is 100 Å². The average molecular weight is 369 g/mol. The zero-order valence-corrected chi connectivity index (χ0v) is 14.7. The van der Waals surface area contributed by atoms with Crippen LogP contribution in [0.4, 0.5) is 0 Å². The maximum atomic E-state index is 13.2. The Kier molecular flexibility index (Phi) is 4.51. The number of aromatic carboxylic acids is 1. The van der Waals surface area contributed by atoms with E-state index in [1.165, 1.54) is 16.7 Å². The number of fused-ring (bicyclic) bond motifs is 1. The number of carboxylic acid groups (broad SMARTS) is 1. The summed E-state index contributed by atoms with van der Waals surface area (Å²) in [5, 5.41) is 9.76. The molecule has 0 spiro atoms. The van der Waals surface area contributed by atoms with Gasteiger partial charge < -0.3 is 5.11 Å². The van der Waals surface area contributed by atoms with Gasteiger partial charge in [0.05, 0.1) is 22.2 Å². The second-order valence-electron chi connectivity index (χ2n) is 6.10. The van der Waals surface area contributed by atoms with Gasteiger partial charge in [0.1, 0.15) is 5.82 Å². The van der Waals surface area contributed by atoms with Crippen LogP contribution in [0, 0.1) is 0 Å². The van der Waals surface area contributed by atoms with E-state index in [1.54, 1.807) is 48.8 Å². The topological polar surface area (TPSA) is 85.1 Å². The van der Waals surface area contributed by atoms with E-state index in [-0.39, 0.29) is 11.1 Å². The predicted molar refractivity (Wildman–Crippen MR) is 107 cm³/mol. The summed E-state index contributed by atoms with van der Waals surface area (Å²) in [7, 11) is 0. The van der Waals surface area contributed by atoms with Crippen molar-refractivity contribution in [1.82, 2.24) is 14.5 Å². The lowest BCUT2D eigenvalue weighted by Gasteiger charge is -2.12. The highest BCUT2D eigenvalue weighted by Gasteiger charge is 2.12. The zero-order chi connectivity index (χ0) is 19.5. The van der Waals surface area contributed by atoms with E-state index in [1.807, 2.05) is 24.3 Å². The average Bonchev–Trinajstić information content (AvgIpc) is 2.73. The van der Waals surface area contributed by atoms with Gasteiger partial charge in [-0.2, -0.15) is 0 Å². The van der Waals surface area contributed by atoms with Crippen molar-refractivity contribution < 1.29 is 9.90 Å². The molecule has 4 aromatic rings. The highest BCUT2D eigenvalue weighted by molar-refractivity contribution is 5.88. The molecule has 0 atom stereocenters. The quantitative estimate of drug-likeness (QED) is 0.593. The number of carbonyl (C=O) groups is 1. The van der Waals surface area contributed by atoms with Gasteiger partial charge in [0.15, 0.2) is 0 Å². The lowest BCUT2D eigenvalue weighted by molar-refractivity contribution is 0.0697. The second kappa shape index (κ2) is 7.28. The summed E-state index contributed by atoms with van der Waals surface area (Å²) in [5.74, 6) is -0.652. The van der Waals surface area contributed by atoms with Crippen LogP contribution in [0.3, 0.4) is 0 Å². The fraction of sp³-hybridized carbons (Fsp3) is 0. The van der Waals surface area contributed by atoms with E-state index in [0.717, 1.165) is 5.56 Å². The van der Waals surface area contributed by atoms with Gasteiger partial charge in [0.25, 0.3) is 5.56 Å². The molecular weight excluding hydrogens is 354 g/mol. The smallest absolute Gasteiger partial charge is 0.335 e. The molecule has 0 aliphatic heterocycles. The molecule has 1 N–H and O–H groups in total. The van der Waals surface area contributed by atoms with Crippen molar-refractivity contribution >= 4 is 29.0 Å². The molecule has 0 bridgehead atoms. The van der Waals surface area contributed by atoms with Gasteiger partial charge >= 0.3 is 5.97 Å². The van der Waals surface area contributed by atoms with Gasteiger partial charge in [-0.15, -0.1) is 0 Å². The zero-order valence-electron chi connectivity index (χ0n) is 14.7. The monoisotopic (exact) mass is 369 g/mol. The van der Waals surface area contributed by atoms with E-state index >= 15 is 0 Å². The minimum absolute atomic E-state index is 0.0987. The van der Waals surface area contributed by atoms with Crippen LogP contribution < -0.4 is 5.56 Å². The Morgan fingerprint density at radius 3 is 2.54 bits per heavy atom. The Hall–Kier alpha value is -4.06. The van der Waals surface area contributed by atoms with Gasteiger partial charge in [0, 0.05) is 12.4 Å². The Bertz CT molecular complexity index is 1260. The normalized spacial score (nSPS) is 11.1. The van der Waals surface area contributed by atoms with Gasteiger partial charge in [-0.1, -0.05) is 24.3 Å². The van der Waals surface area contributed by atoms with Crippen molar-refractivity contribution in [1.29, 1.82) is 0 Å². The molecule has 4 rings (SSSR count). The first kappa shape index (κ1) is 17.4. The number of rotatable bonds is 4. The largest absolute Gasteiger partial charge is 0.478 e. The number of hydrogen-bond acceptors (Lipinski definition) is 4. The summed E-state index contributed by atoms with van der Waals surface area (Å²) in [6.45, 7) is 0. The molecule has 136 valence electrons. The molecule has 2 aromatic carbocycles. The van der Waals surface area contributed by atoms with Crippen LogP contribution in [0.25, 0.3) is 28.7 Å². The number of para-hydroxylation sites is 1. The fourth-order valence-electron chi connectivity index (χ4n) is 2.93. The number of aromatic nitrogens is 3. The molecule has 0 unspecified atom stereocenters. The third-order valence-electron chi connectivity index (χ3n) is 4.28. The second-order valence-corrected chi connectivity index (χ2v) is 6.10. The molecule has 28 heavy (non-hydrogen) atoms. The summed E-state index contributed by atoms with van der Waals surface area (Å²) in [5.41, 5.74) is 1.76. The molecule has 0 saturated heterocycles.